The van der Waals surface area contributed by atoms with E-state index in [0.717, 1.165) is 0 Å². The Labute approximate surface area is 72.0 Å². The van der Waals surface area contributed by atoms with Gasteiger partial charge in [0.2, 0.25) is 0 Å². The first-order chi connectivity index (χ1) is 5.47. The zero-order chi connectivity index (χ0) is 9.19. The Morgan fingerprint density at radius 2 is 2.33 bits per heavy atom. The Bertz CT molecular complexity index is 249. The van der Waals surface area contributed by atoms with Crippen molar-refractivity contribution >= 4 is 5.69 Å². The second-order valence-electron chi connectivity index (χ2n) is 3.60. The molecule has 0 atom stereocenters. The summed E-state index contributed by atoms with van der Waals surface area (Å²) in [7, 11) is 0. The van der Waals surface area contributed by atoms with Crippen molar-refractivity contribution in [3.8, 4) is 0 Å². The van der Waals surface area contributed by atoms with E-state index in [0.29, 0.717) is 18.7 Å². The van der Waals surface area contributed by atoms with Crippen LogP contribution < -0.4 is 5.73 Å². The second-order valence-corrected chi connectivity index (χ2v) is 3.60. The zero-order valence-corrected chi connectivity index (χ0v) is 7.49. The standard InChI is InChI=1S/C8H15N3O/c1-8(2,12)3-4-11-6-7(9)5-10-11/h5-6,12H,3-4,9H2,1-2H3. The summed E-state index contributed by atoms with van der Waals surface area (Å²) in [5.74, 6) is 0. The first kappa shape index (κ1) is 9.06. The summed E-state index contributed by atoms with van der Waals surface area (Å²) in [5, 5.41) is 13.4. The number of nitrogens with zero attached hydrogens (tertiary/aromatic N) is 2. The molecule has 12 heavy (non-hydrogen) atoms. The monoisotopic (exact) mass is 169 g/mol. The van der Waals surface area contributed by atoms with Crippen molar-refractivity contribution in [3.63, 3.8) is 0 Å². The number of aliphatic hydroxyl groups is 1. The summed E-state index contributed by atoms with van der Waals surface area (Å²) in [6.07, 6.45) is 4.03. The van der Waals surface area contributed by atoms with E-state index >= 15 is 0 Å². The van der Waals surface area contributed by atoms with Gasteiger partial charge in [0.25, 0.3) is 0 Å². The highest BCUT2D eigenvalue weighted by Crippen LogP contribution is 2.09. The highest BCUT2D eigenvalue weighted by molar-refractivity contribution is 5.30. The minimum absolute atomic E-state index is 0.638. The second kappa shape index (κ2) is 3.15. The molecule has 0 aliphatic carbocycles. The molecule has 1 rings (SSSR count). The smallest absolute Gasteiger partial charge is 0.0719 e. The minimum atomic E-state index is -0.638. The molecule has 1 aromatic heterocycles. The van der Waals surface area contributed by atoms with Gasteiger partial charge in [-0.15, -0.1) is 0 Å². The van der Waals surface area contributed by atoms with Crippen LogP contribution in [0.4, 0.5) is 5.69 Å². The number of hydrogen-bond acceptors (Lipinski definition) is 3. The molecule has 0 unspecified atom stereocenters. The van der Waals surface area contributed by atoms with Gasteiger partial charge in [-0.1, -0.05) is 0 Å². The van der Waals surface area contributed by atoms with E-state index in [4.69, 9.17) is 5.73 Å². The number of hydrogen-bond donors (Lipinski definition) is 2. The average molecular weight is 169 g/mol. The summed E-state index contributed by atoms with van der Waals surface area (Å²) < 4.78 is 1.73. The van der Waals surface area contributed by atoms with Crippen LogP contribution in [0.25, 0.3) is 0 Å². The normalized spacial score (nSPS) is 11.9. The lowest BCUT2D eigenvalue weighted by Crippen LogP contribution is -2.21. The molecule has 1 heterocycles. The Balaban J connectivity index is 2.44. The predicted octanol–water partition coefficient (Wildman–Crippen LogP) is 0.626. The van der Waals surface area contributed by atoms with Gasteiger partial charge in [-0.05, 0) is 20.3 Å². The van der Waals surface area contributed by atoms with Crippen LogP contribution in [-0.4, -0.2) is 20.5 Å². The van der Waals surface area contributed by atoms with E-state index < -0.39 is 5.60 Å². The molecule has 0 saturated carbocycles. The van der Waals surface area contributed by atoms with Crippen LogP contribution in [0.5, 0.6) is 0 Å². The van der Waals surface area contributed by atoms with Gasteiger partial charge in [0.05, 0.1) is 17.5 Å². The third kappa shape index (κ3) is 2.92. The fraction of sp³-hybridized carbons (Fsp3) is 0.625. The van der Waals surface area contributed by atoms with Gasteiger partial charge in [0.15, 0.2) is 0 Å². The SMILES string of the molecule is CC(C)(O)CCn1cc(N)cn1. The van der Waals surface area contributed by atoms with Crippen LogP contribution in [0.3, 0.4) is 0 Å². The van der Waals surface area contributed by atoms with E-state index in [2.05, 4.69) is 5.10 Å². The number of nitrogen functional groups attached to an aromatic ring is 1. The maximum Gasteiger partial charge on any atom is 0.0719 e. The first-order valence-electron chi connectivity index (χ1n) is 3.98. The maximum absolute atomic E-state index is 9.41. The molecule has 0 aliphatic heterocycles. The van der Waals surface area contributed by atoms with E-state index in [1.54, 1.807) is 30.9 Å². The van der Waals surface area contributed by atoms with Crippen molar-refractivity contribution in [2.75, 3.05) is 5.73 Å². The zero-order valence-electron chi connectivity index (χ0n) is 7.49. The molecule has 0 radical (unpaired) electrons. The molecule has 0 spiro atoms. The molecule has 0 fully saturated rings. The van der Waals surface area contributed by atoms with Crippen LogP contribution in [0, 0.1) is 0 Å². The number of aryl methyl sites for hydroxylation is 1. The van der Waals surface area contributed by atoms with E-state index in [1.165, 1.54) is 0 Å². The van der Waals surface area contributed by atoms with Gasteiger partial charge in [0, 0.05) is 12.7 Å². The number of aromatic nitrogens is 2. The van der Waals surface area contributed by atoms with Crippen molar-refractivity contribution < 1.29 is 5.11 Å². The highest BCUT2D eigenvalue weighted by atomic mass is 16.3. The Morgan fingerprint density at radius 1 is 1.67 bits per heavy atom. The van der Waals surface area contributed by atoms with E-state index in [1.807, 2.05) is 0 Å². The van der Waals surface area contributed by atoms with Crippen LogP contribution in [-0.2, 0) is 6.54 Å². The summed E-state index contributed by atoms with van der Waals surface area (Å²) >= 11 is 0. The lowest BCUT2D eigenvalue weighted by Gasteiger charge is -2.16. The van der Waals surface area contributed by atoms with Gasteiger partial charge in [0.1, 0.15) is 0 Å². The lowest BCUT2D eigenvalue weighted by atomic mass is 10.1. The fourth-order valence-corrected chi connectivity index (χ4v) is 0.890. The van der Waals surface area contributed by atoms with Crippen molar-refractivity contribution in [1.82, 2.24) is 9.78 Å². The maximum atomic E-state index is 9.41. The molecule has 3 N–H and O–H groups in total. The quantitative estimate of drug-likeness (QED) is 0.697. The van der Waals surface area contributed by atoms with Gasteiger partial charge in [-0.25, -0.2) is 0 Å². The molecule has 4 nitrogen and oxygen atoms in total. The molecule has 1 aromatic rings. The molecule has 0 saturated heterocycles. The summed E-state index contributed by atoms with van der Waals surface area (Å²) in [4.78, 5) is 0. The number of nitrogens with two attached hydrogens (primary N) is 1. The fourth-order valence-electron chi connectivity index (χ4n) is 0.890. The summed E-state index contributed by atoms with van der Waals surface area (Å²) in [6, 6.07) is 0. The Hall–Kier alpha value is -1.03. The van der Waals surface area contributed by atoms with E-state index in [9.17, 15) is 5.11 Å². The van der Waals surface area contributed by atoms with Gasteiger partial charge in [-0.2, -0.15) is 5.10 Å². The van der Waals surface area contributed by atoms with E-state index in [-0.39, 0.29) is 0 Å². The lowest BCUT2D eigenvalue weighted by molar-refractivity contribution is 0.0651. The van der Waals surface area contributed by atoms with Crippen molar-refractivity contribution in [2.24, 2.45) is 0 Å². The van der Waals surface area contributed by atoms with Gasteiger partial charge >= 0.3 is 0 Å². The minimum Gasteiger partial charge on any atom is -0.396 e. The average Bonchev–Trinajstić information content (AvgIpc) is 2.30. The third-order valence-electron chi connectivity index (χ3n) is 1.61. The van der Waals surface area contributed by atoms with Crippen LogP contribution in [0.15, 0.2) is 12.4 Å². The molecule has 0 bridgehead atoms. The number of anilines is 1. The van der Waals surface area contributed by atoms with Crippen LogP contribution in [0.2, 0.25) is 0 Å². The topological polar surface area (TPSA) is 64.1 Å². The Morgan fingerprint density at radius 3 is 2.75 bits per heavy atom. The van der Waals surface area contributed by atoms with Gasteiger partial charge in [-0.3, -0.25) is 4.68 Å². The molecule has 0 aliphatic rings. The van der Waals surface area contributed by atoms with Crippen molar-refractivity contribution in [3.05, 3.63) is 12.4 Å². The van der Waals surface area contributed by atoms with Crippen molar-refractivity contribution in [2.45, 2.75) is 32.4 Å². The first-order valence-corrected chi connectivity index (χ1v) is 3.98. The molecule has 4 heteroatoms. The number of rotatable bonds is 3. The molecular formula is C8H15N3O. The van der Waals surface area contributed by atoms with Gasteiger partial charge < -0.3 is 10.8 Å². The highest BCUT2D eigenvalue weighted by Gasteiger charge is 2.11. The van der Waals surface area contributed by atoms with Crippen LogP contribution >= 0.6 is 0 Å². The molecule has 0 amide bonds. The largest absolute Gasteiger partial charge is 0.396 e. The van der Waals surface area contributed by atoms with Crippen molar-refractivity contribution in [1.29, 1.82) is 0 Å². The molecule has 68 valence electrons. The molecular weight excluding hydrogens is 154 g/mol. The summed E-state index contributed by atoms with van der Waals surface area (Å²) in [5.41, 5.74) is 5.49. The third-order valence-corrected chi connectivity index (χ3v) is 1.61. The molecule has 0 aromatic carbocycles. The predicted molar refractivity (Wildman–Crippen MR) is 47.6 cm³/mol. The summed E-state index contributed by atoms with van der Waals surface area (Å²) in [6.45, 7) is 4.25. The van der Waals surface area contributed by atoms with Crippen LogP contribution in [0.1, 0.15) is 20.3 Å². The Kier molecular flexibility index (Phi) is 2.38.